The second-order valence-corrected chi connectivity index (χ2v) is 27.4. The Morgan fingerprint density at radius 3 is 1.06 bits per heavy atom. The van der Waals surface area contributed by atoms with E-state index in [4.69, 9.17) is 28.4 Å². The quantitative estimate of drug-likeness (QED) is 0.0371. The SMILES string of the molecule is CCCCCCCCCCCCCCCCCCCCCCCCCC(=O)N[C@@H](CO[C@H]1O[C@H](COCc2ccccc2)[C@H](OCc2ccccc2)[C@H](OCc2ccccc2)[C@H]1OCc1ccccc1)[C@H](O)[C@H](O)CCCCCCCCCCCCCCCCCCC. The zero-order chi connectivity index (χ0) is 65.5. The van der Waals surface area contributed by atoms with Crippen molar-refractivity contribution in [3.8, 4) is 0 Å². The summed E-state index contributed by atoms with van der Waals surface area (Å²) in [4.78, 5) is 14.0. The number of unbranched alkanes of at least 4 members (excludes halogenated alkanes) is 38. The van der Waals surface area contributed by atoms with Gasteiger partial charge in [0.05, 0.1) is 51.8 Å². The Morgan fingerprint density at radius 1 is 0.387 bits per heavy atom. The lowest BCUT2D eigenvalue weighted by Crippen LogP contribution is -2.62. The van der Waals surface area contributed by atoms with Crippen LogP contribution in [0.4, 0.5) is 0 Å². The number of benzene rings is 4. The fraction of sp³-hybridized carbons (Fsp3) is 0.699. The number of rotatable bonds is 61. The van der Waals surface area contributed by atoms with Crippen molar-refractivity contribution in [2.75, 3.05) is 13.2 Å². The summed E-state index contributed by atoms with van der Waals surface area (Å²) in [5, 5.41) is 27.1. The number of hydrogen-bond donors (Lipinski definition) is 3. The van der Waals surface area contributed by atoms with Crippen molar-refractivity contribution in [3.63, 3.8) is 0 Å². The normalized spacial score (nSPS) is 17.6. The van der Waals surface area contributed by atoms with Crippen LogP contribution in [0.2, 0.25) is 0 Å². The Labute approximate surface area is 567 Å². The van der Waals surface area contributed by atoms with Gasteiger partial charge in [0.15, 0.2) is 6.29 Å². The highest BCUT2D eigenvalue weighted by Crippen LogP contribution is 2.33. The van der Waals surface area contributed by atoms with Gasteiger partial charge < -0.3 is 44.0 Å². The van der Waals surface area contributed by atoms with Gasteiger partial charge in [-0.2, -0.15) is 0 Å². The summed E-state index contributed by atoms with van der Waals surface area (Å²) in [6.07, 6.45) is 46.4. The average molecular weight is 1290 g/mol. The van der Waals surface area contributed by atoms with Crippen LogP contribution in [-0.2, 0) is 59.6 Å². The Hall–Kier alpha value is -3.97. The Bertz CT molecular complexity index is 2280. The monoisotopic (exact) mass is 1290 g/mol. The number of carbonyl (C=O) groups is 1. The molecule has 3 N–H and O–H groups in total. The van der Waals surface area contributed by atoms with Crippen molar-refractivity contribution >= 4 is 5.91 Å². The lowest BCUT2D eigenvalue weighted by molar-refractivity contribution is -0.330. The van der Waals surface area contributed by atoms with Crippen LogP contribution in [0.25, 0.3) is 0 Å². The number of aliphatic hydroxyl groups excluding tert-OH is 2. The predicted octanol–water partition coefficient (Wildman–Crippen LogP) is 21.3. The summed E-state index contributed by atoms with van der Waals surface area (Å²) >= 11 is 0. The molecule has 0 aromatic heterocycles. The molecular weight excluding hydrogens is 1150 g/mol. The van der Waals surface area contributed by atoms with Gasteiger partial charge in [-0.15, -0.1) is 0 Å². The van der Waals surface area contributed by atoms with Crippen LogP contribution in [0.1, 0.15) is 306 Å². The molecule has 5 rings (SSSR count). The summed E-state index contributed by atoms with van der Waals surface area (Å²) in [6, 6.07) is 39.3. The van der Waals surface area contributed by atoms with E-state index < -0.39 is 49.0 Å². The van der Waals surface area contributed by atoms with Crippen molar-refractivity contribution in [3.05, 3.63) is 144 Å². The standard InChI is InChI=1S/C83H133NO9/c1-3-5-7-9-11-13-15-17-19-21-22-23-24-25-26-28-30-32-34-36-38-40-54-64-78(86)84-75(79(87)76(85)63-53-39-37-35-33-31-29-27-20-18-16-14-12-10-8-6-4-2)69-92-83-82(91-68-74-61-51-44-52-62-74)81(90-67-73-59-49-43-50-60-73)80(89-66-72-57-47-42-48-58-72)77(93-83)70-88-65-71-55-45-41-46-56-71/h41-52,55-62,75-77,79-83,85,87H,3-40,53-54,63-70H2,1-2H3,(H,84,86)/t75-,76+,77+,79-,80-,81-,82+,83-/m0/s1. The van der Waals surface area contributed by atoms with Gasteiger partial charge in [-0.1, -0.05) is 386 Å². The van der Waals surface area contributed by atoms with Gasteiger partial charge in [0.2, 0.25) is 5.91 Å². The van der Waals surface area contributed by atoms with Crippen LogP contribution in [0.3, 0.4) is 0 Å². The molecule has 10 heteroatoms. The fourth-order valence-electron chi connectivity index (χ4n) is 13.2. The third kappa shape index (κ3) is 38.5. The van der Waals surface area contributed by atoms with E-state index in [1.54, 1.807) is 0 Å². The highest BCUT2D eigenvalue weighted by Gasteiger charge is 2.49. The van der Waals surface area contributed by atoms with Gasteiger partial charge in [-0.05, 0) is 35.1 Å². The molecule has 1 amide bonds. The maximum Gasteiger partial charge on any atom is 0.220 e. The number of amides is 1. The topological polar surface area (TPSA) is 125 Å². The highest BCUT2D eigenvalue weighted by molar-refractivity contribution is 5.76. The summed E-state index contributed by atoms with van der Waals surface area (Å²) < 4.78 is 41.2. The molecule has 8 atom stereocenters. The smallest absolute Gasteiger partial charge is 0.220 e. The first-order valence-electron chi connectivity index (χ1n) is 38.5. The molecule has 0 unspecified atom stereocenters. The molecule has 4 aromatic rings. The van der Waals surface area contributed by atoms with Gasteiger partial charge in [-0.25, -0.2) is 0 Å². The molecule has 0 aliphatic carbocycles. The highest BCUT2D eigenvalue weighted by atomic mass is 16.7. The van der Waals surface area contributed by atoms with Gasteiger partial charge in [0.1, 0.15) is 30.5 Å². The first kappa shape index (κ1) is 79.7. The molecule has 0 radical (unpaired) electrons. The molecule has 1 aliphatic rings. The second kappa shape index (κ2) is 55.1. The van der Waals surface area contributed by atoms with Crippen LogP contribution in [0.5, 0.6) is 0 Å². The van der Waals surface area contributed by atoms with Gasteiger partial charge in [-0.3, -0.25) is 4.79 Å². The van der Waals surface area contributed by atoms with E-state index in [2.05, 4.69) is 19.2 Å². The number of carbonyl (C=O) groups excluding carboxylic acids is 1. The maximum absolute atomic E-state index is 14.0. The molecule has 1 saturated heterocycles. The Morgan fingerprint density at radius 2 is 0.699 bits per heavy atom. The van der Waals surface area contributed by atoms with Crippen molar-refractivity contribution in [2.24, 2.45) is 0 Å². The summed E-state index contributed by atoms with van der Waals surface area (Å²) in [6.45, 7) is 5.76. The minimum atomic E-state index is -1.28. The van der Waals surface area contributed by atoms with E-state index in [1.165, 1.54) is 218 Å². The van der Waals surface area contributed by atoms with Crippen molar-refractivity contribution < 1.29 is 43.4 Å². The number of hydrogen-bond acceptors (Lipinski definition) is 9. The fourth-order valence-corrected chi connectivity index (χ4v) is 13.2. The van der Waals surface area contributed by atoms with E-state index >= 15 is 0 Å². The minimum Gasteiger partial charge on any atom is -0.390 e. The van der Waals surface area contributed by atoms with Crippen LogP contribution in [-0.4, -0.2) is 78.3 Å². The van der Waals surface area contributed by atoms with Crippen LogP contribution in [0.15, 0.2) is 121 Å². The van der Waals surface area contributed by atoms with E-state index in [1.807, 2.05) is 121 Å². The molecule has 4 aromatic carbocycles. The Balaban J connectivity index is 1.17. The van der Waals surface area contributed by atoms with Gasteiger partial charge in [0, 0.05) is 6.42 Å². The molecule has 1 aliphatic heterocycles. The largest absolute Gasteiger partial charge is 0.390 e. The molecule has 524 valence electrons. The van der Waals surface area contributed by atoms with Crippen molar-refractivity contribution in [2.45, 2.75) is 359 Å². The molecular formula is C83H133NO9. The molecule has 1 heterocycles. The zero-order valence-electron chi connectivity index (χ0n) is 58.9. The number of nitrogens with one attached hydrogen (secondary N) is 1. The van der Waals surface area contributed by atoms with E-state index in [9.17, 15) is 15.0 Å². The molecule has 0 saturated carbocycles. The summed E-state index contributed by atoms with van der Waals surface area (Å²) in [5.74, 6) is -0.164. The first-order chi connectivity index (χ1) is 45.9. The maximum atomic E-state index is 14.0. The minimum absolute atomic E-state index is 0.142. The molecule has 93 heavy (non-hydrogen) atoms. The lowest BCUT2D eigenvalue weighted by Gasteiger charge is -2.46. The zero-order valence-corrected chi connectivity index (χ0v) is 58.9. The molecule has 0 spiro atoms. The van der Waals surface area contributed by atoms with Gasteiger partial charge >= 0.3 is 0 Å². The van der Waals surface area contributed by atoms with Crippen molar-refractivity contribution in [1.29, 1.82) is 0 Å². The third-order valence-corrected chi connectivity index (χ3v) is 19.0. The molecule has 1 fully saturated rings. The average Bonchev–Trinajstić information content (AvgIpc) is 0.836. The molecule has 0 bridgehead atoms. The second-order valence-electron chi connectivity index (χ2n) is 27.4. The predicted molar refractivity (Wildman–Crippen MR) is 385 cm³/mol. The van der Waals surface area contributed by atoms with Gasteiger partial charge in [0.25, 0.3) is 0 Å². The Kier molecular flexibility index (Phi) is 47.2. The lowest BCUT2D eigenvalue weighted by atomic mass is 9.97. The van der Waals surface area contributed by atoms with Crippen LogP contribution < -0.4 is 5.32 Å². The van der Waals surface area contributed by atoms with Crippen LogP contribution >= 0.6 is 0 Å². The molecule has 10 nitrogen and oxygen atoms in total. The summed E-state index contributed by atoms with van der Waals surface area (Å²) in [5.41, 5.74) is 3.98. The van der Waals surface area contributed by atoms with E-state index in [-0.39, 0.29) is 32.3 Å². The third-order valence-electron chi connectivity index (χ3n) is 19.0. The van der Waals surface area contributed by atoms with E-state index in [0.29, 0.717) is 26.1 Å². The number of aliphatic hydroxyl groups is 2. The summed E-state index contributed by atoms with van der Waals surface area (Å²) in [7, 11) is 0. The van der Waals surface area contributed by atoms with Crippen molar-refractivity contribution in [1.82, 2.24) is 5.32 Å². The first-order valence-corrected chi connectivity index (χ1v) is 38.5. The number of ether oxygens (including phenoxy) is 6. The van der Waals surface area contributed by atoms with Crippen LogP contribution in [0, 0.1) is 0 Å². The van der Waals surface area contributed by atoms with E-state index in [0.717, 1.165) is 60.8 Å².